The van der Waals surface area contributed by atoms with E-state index in [9.17, 15) is 9.59 Å². The minimum absolute atomic E-state index is 0.0989. The molecule has 1 aromatic carbocycles. The Morgan fingerprint density at radius 3 is 1.46 bits per heavy atom. The van der Waals surface area contributed by atoms with Gasteiger partial charge in [-0.25, -0.2) is 0 Å². The molecule has 2 fully saturated rings. The number of hydrogen-bond donors (Lipinski definition) is 2. The van der Waals surface area contributed by atoms with Gasteiger partial charge in [0.25, 0.3) is 0 Å². The number of benzene rings is 1. The highest BCUT2D eigenvalue weighted by Gasteiger charge is 2.23. The summed E-state index contributed by atoms with van der Waals surface area (Å²) in [6.07, 6.45) is 4.69. The molecular weight excluding hydrogens is 304 g/mol. The molecule has 0 aliphatic carbocycles. The van der Waals surface area contributed by atoms with Crippen LogP contribution >= 0.6 is 0 Å². The highest BCUT2D eigenvalue weighted by atomic mass is 16.2. The summed E-state index contributed by atoms with van der Waals surface area (Å²) < 4.78 is 0. The number of anilines is 4. The van der Waals surface area contributed by atoms with Crippen LogP contribution in [0.2, 0.25) is 0 Å². The summed E-state index contributed by atoms with van der Waals surface area (Å²) in [5, 5.41) is 5.86. The van der Waals surface area contributed by atoms with Crippen molar-refractivity contribution in [2.24, 2.45) is 0 Å². The van der Waals surface area contributed by atoms with E-state index in [1.807, 2.05) is 6.07 Å². The number of rotatable bonds is 4. The van der Waals surface area contributed by atoms with Crippen molar-refractivity contribution >= 4 is 34.6 Å². The van der Waals surface area contributed by atoms with Gasteiger partial charge in [0.15, 0.2) is 0 Å². The lowest BCUT2D eigenvalue weighted by atomic mass is 10.1. The second-order valence-electron chi connectivity index (χ2n) is 6.64. The third-order valence-electron chi connectivity index (χ3n) is 4.63. The van der Waals surface area contributed by atoms with Gasteiger partial charge < -0.3 is 20.4 Å². The summed E-state index contributed by atoms with van der Waals surface area (Å²) in [4.78, 5) is 27.9. The molecule has 0 saturated carbocycles. The summed E-state index contributed by atoms with van der Waals surface area (Å²) in [7, 11) is 0. The molecule has 0 bridgehead atoms. The Labute approximate surface area is 143 Å². The predicted octanol–water partition coefficient (Wildman–Crippen LogP) is 2.80. The molecular formula is C18H26N4O2. The molecule has 0 atom stereocenters. The zero-order valence-corrected chi connectivity index (χ0v) is 14.5. The molecule has 2 aliphatic heterocycles. The van der Waals surface area contributed by atoms with Gasteiger partial charge in [-0.05, 0) is 37.8 Å². The fourth-order valence-corrected chi connectivity index (χ4v) is 3.60. The minimum Gasteiger partial charge on any atom is -0.370 e. The first-order chi connectivity index (χ1) is 11.5. The number of hydrogen-bond acceptors (Lipinski definition) is 4. The summed E-state index contributed by atoms with van der Waals surface area (Å²) in [5.41, 5.74) is 3.66. The lowest BCUT2D eigenvalue weighted by Crippen LogP contribution is -2.24. The van der Waals surface area contributed by atoms with Crippen molar-refractivity contribution in [2.45, 2.75) is 39.5 Å². The summed E-state index contributed by atoms with van der Waals surface area (Å²) >= 11 is 0. The Morgan fingerprint density at radius 2 is 1.12 bits per heavy atom. The van der Waals surface area contributed by atoms with E-state index in [4.69, 9.17) is 0 Å². The Hall–Kier alpha value is -2.24. The fraction of sp³-hybridized carbons (Fsp3) is 0.556. The van der Waals surface area contributed by atoms with Crippen LogP contribution in [0.1, 0.15) is 39.5 Å². The quantitative estimate of drug-likeness (QED) is 0.891. The van der Waals surface area contributed by atoms with Crippen molar-refractivity contribution in [1.82, 2.24) is 0 Å². The highest BCUT2D eigenvalue weighted by molar-refractivity contribution is 6.00. The molecule has 0 radical (unpaired) electrons. The molecule has 0 spiro atoms. The molecule has 130 valence electrons. The standard InChI is InChI=1S/C18H26N4O2/c1-13(23)19-15-11-16(20-14(2)24)18(22-9-5-6-10-22)12-17(15)21-7-3-4-8-21/h11-12H,3-10H2,1-2H3,(H,19,23)(H,20,24). The maximum Gasteiger partial charge on any atom is 0.221 e. The van der Waals surface area contributed by atoms with E-state index in [-0.39, 0.29) is 11.8 Å². The Bertz CT molecular complexity index is 581. The number of nitrogens with one attached hydrogen (secondary N) is 2. The molecule has 0 aromatic heterocycles. The van der Waals surface area contributed by atoms with Crippen molar-refractivity contribution in [3.05, 3.63) is 12.1 Å². The van der Waals surface area contributed by atoms with Gasteiger partial charge >= 0.3 is 0 Å². The first kappa shape index (κ1) is 16.6. The second-order valence-corrected chi connectivity index (χ2v) is 6.64. The minimum atomic E-state index is -0.0989. The maximum atomic E-state index is 11.6. The van der Waals surface area contributed by atoms with Crippen LogP contribution < -0.4 is 20.4 Å². The van der Waals surface area contributed by atoms with Gasteiger partial charge in [0.05, 0.1) is 22.7 Å². The van der Waals surface area contributed by atoms with Gasteiger partial charge in [0.1, 0.15) is 0 Å². The third kappa shape index (κ3) is 3.63. The van der Waals surface area contributed by atoms with Gasteiger partial charge in [-0.15, -0.1) is 0 Å². The van der Waals surface area contributed by atoms with E-state index < -0.39 is 0 Å². The van der Waals surface area contributed by atoms with E-state index in [0.717, 1.165) is 48.9 Å². The largest absolute Gasteiger partial charge is 0.370 e. The smallest absolute Gasteiger partial charge is 0.221 e. The Balaban J connectivity index is 2.05. The Kier molecular flexibility index (Phi) is 4.92. The SMILES string of the molecule is CC(=O)Nc1cc(NC(C)=O)c(N2CCCC2)cc1N1CCCC1. The topological polar surface area (TPSA) is 64.7 Å². The summed E-state index contributed by atoms with van der Waals surface area (Å²) in [6, 6.07) is 4.04. The van der Waals surface area contributed by atoms with Crippen LogP contribution in [0.25, 0.3) is 0 Å². The van der Waals surface area contributed by atoms with E-state index in [1.54, 1.807) is 0 Å². The number of carbonyl (C=O) groups is 2. The normalized spacial score (nSPS) is 17.2. The van der Waals surface area contributed by atoms with Crippen LogP contribution in [0.3, 0.4) is 0 Å². The van der Waals surface area contributed by atoms with Gasteiger partial charge in [0.2, 0.25) is 11.8 Å². The van der Waals surface area contributed by atoms with Gasteiger partial charge in [0, 0.05) is 40.0 Å². The van der Waals surface area contributed by atoms with E-state index in [2.05, 4.69) is 26.5 Å². The lowest BCUT2D eigenvalue weighted by molar-refractivity contribution is -0.115. The van der Waals surface area contributed by atoms with E-state index in [1.165, 1.54) is 39.5 Å². The first-order valence-corrected chi connectivity index (χ1v) is 8.78. The second kappa shape index (κ2) is 7.11. The van der Waals surface area contributed by atoms with Gasteiger partial charge in [-0.1, -0.05) is 0 Å². The zero-order valence-electron chi connectivity index (χ0n) is 14.5. The average molecular weight is 330 g/mol. The maximum absolute atomic E-state index is 11.6. The summed E-state index contributed by atoms with van der Waals surface area (Å²) in [5.74, 6) is -0.198. The molecule has 2 heterocycles. The lowest BCUT2D eigenvalue weighted by Gasteiger charge is -2.28. The average Bonchev–Trinajstić information content (AvgIpc) is 3.20. The molecule has 0 unspecified atom stereocenters. The van der Waals surface area contributed by atoms with Crippen LogP contribution in [0.4, 0.5) is 22.7 Å². The fourth-order valence-electron chi connectivity index (χ4n) is 3.60. The molecule has 6 nitrogen and oxygen atoms in total. The van der Waals surface area contributed by atoms with Crippen LogP contribution in [0.5, 0.6) is 0 Å². The van der Waals surface area contributed by atoms with Crippen LogP contribution in [-0.2, 0) is 9.59 Å². The zero-order chi connectivity index (χ0) is 17.1. The molecule has 3 rings (SSSR count). The molecule has 2 saturated heterocycles. The van der Waals surface area contributed by atoms with Crippen molar-refractivity contribution < 1.29 is 9.59 Å². The van der Waals surface area contributed by atoms with Crippen LogP contribution in [0.15, 0.2) is 12.1 Å². The number of amides is 2. The number of carbonyl (C=O) groups excluding carboxylic acids is 2. The van der Waals surface area contributed by atoms with Gasteiger partial charge in [-0.3, -0.25) is 9.59 Å². The first-order valence-electron chi connectivity index (χ1n) is 8.78. The highest BCUT2D eigenvalue weighted by Crippen LogP contribution is 2.40. The van der Waals surface area contributed by atoms with Gasteiger partial charge in [-0.2, -0.15) is 0 Å². The van der Waals surface area contributed by atoms with Crippen molar-refractivity contribution in [1.29, 1.82) is 0 Å². The Morgan fingerprint density at radius 1 is 0.750 bits per heavy atom. The molecule has 24 heavy (non-hydrogen) atoms. The van der Waals surface area contributed by atoms with E-state index in [0.29, 0.717) is 0 Å². The third-order valence-corrected chi connectivity index (χ3v) is 4.63. The van der Waals surface area contributed by atoms with Crippen molar-refractivity contribution in [2.75, 3.05) is 46.6 Å². The molecule has 2 aliphatic rings. The molecule has 2 amide bonds. The van der Waals surface area contributed by atoms with Crippen molar-refractivity contribution in [3.63, 3.8) is 0 Å². The predicted molar refractivity (Wildman–Crippen MR) is 97.9 cm³/mol. The van der Waals surface area contributed by atoms with Crippen LogP contribution in [-0.4, -0.2) is 38.0 Å². The van der Waals surface area contributed by atoms with Crippen molar-refractivity contribution in [3.8, 4) is 0 Å². The monoisotopic (exact) mass is 330 g/mol. The van der Waals surface area contributed by atoms with E-state index >= 15 is 0 Å². The molecule has 1 aromatic rings. The summed E-state index contributed by atoms with van der Waals surface area (Å²) in [6.45, 7) is 7.05. The molecule has 2 N–H and O–H groups in total. The number of nitrogens with zero attached hydrogens (tertiary/aromatic N) is 2. The van der Waals surface area contributed by atoms with Crippen LogP contribution in [0, 0.1) is 0 Å². The molecule has 6 heteroatoms.